The van der Waals surface area contributed by atoms with Crippen molar-refractivity contribution in [3.63, 3.8) is 0 Å². The van der Waals surface area contributed by atoms with Crippen molar-refractivity contribution in [1.82, 2.24) is 15.0 Å². The van der Waals surface area contributed by atoms with Crippen LogP contribution >= 0.6 is 11.6 Å². The summed E-state index contributed by atoms with van der Waals surface area (Å²) < 4.78 is 0. The summed E-state index contributed by atoms with van der Waals surface area (Å²) >= 11 is 6.06. The van der Waals surface area contributed by atoms with Crippen molar-refractivity contribution in [3.05, 3.63) is 5.28 Å². The van der Waals surface area contributed by atoms with Crippen molar-refractivity contribution in [3.8, 4) is 0 Å². The molecule has 1 aliphatic carbocycles. The minimum Gasteiger partial charge on any atom is -0.351 e. The Morgan fingerprint density at radius 1 is 1.10 bits per heavy atom. The molecule has 5 nitrogen and oxygen atoms in total. The number of hydrogen-bond donors (Lipinski definition) is 1. The third-order valence-electron chi connectivity index (χ3n) is 4.66. The second-order valence-corrected chi connectivity index (χ2v) is 7.34. The van der Waals surface area contributed by atoms with E-state index in [9.17, 15) is 0 Å². The molecule has 21 heavy (non-hydrogen) atoms. The van der Waals surface area contributed by atoms with Crippen molar-refractivity contribution in [1.29, 1.82) is 0 Å². The van der Waals surface area contributed by atoms with Crippen molar-refractivity contribution in [2.75, 3.05) is 23.3 Å². The van der Waals surface area contributed by atoms with E-state index in [2.05, 4.69) is 39.0 Å². The summed E-state index contributed by atoms with van der Waals surface area (Å²) in [6.45, 7) is 6.71. The number of anilines is 2. The Balaban J connectivity index is 1.68. The van der Waals surface area contributed by atoms with Crippen LogP contribution in [0.15, 0.2) is 0 Å². The number of aromatic nitrogens is 3. The van der Waals surface area contributed by atoms with Crippen LogP contribution in [-0.4, -0.2) is 34.1 Å². The molecule has 3 rings (SSSR count). The first kappa shape index (κ1) is 14.8. The van der Waals surface area contributed by atoms with Crippen LogP contribution < -0.4 is 10.2 Å². The van der Waals surface area contributed by atoms with Crippen LogP contribution in [-0.2, 0) is 0 Å². The molecule has 2 fully saturated rings. The molecule has 116 valence electrons. The monoisotopic (exact) mass is 309 g/mol. The first-order valence-electron chi connectivity index (χ1n) is 7.95. The summed E-state index contributed by atoms with van der Waals surface area (Å²) in [5, 5.41) is 3.73. The molecule has 0 unspecified atom stereocenters. The third-order valence-corrected chi connectivity index (χ3v) is 4.83. The second kappa shape index (κ2) is 5.95. The van der Waals surface area contributed by atoms with Gasteiger partial charge in [-0.3, -0.25) is 0 Å². The molecule has 2 aliphatic rings. The van der Waals surface area contributed by atoms with Crippen molar-refractivity contribution < 1.29 is 0 Å². The fraction of sp³-hybridized carbons (Fsp3) is 0.800. The predicted octanol–water partition coefficient (Wildman–Crippen LogP) is 3.51. The highest BCUT2D eigenvalue weighted by Crippen LogP contribution is 2.35. The molecule has 6 heteroatoms. The number of nitrogens with one attached hydrogen (secondary N) is 1. The Morgan fingerprint density at radius 3 is 2.43 bits per heavy atom. The smallest absolute Gasteiger partial charge is 0.231 e. The minimum absolute atomic E-state index is 0.283. The van der Waals surface area contributed by atoms with Crippen molar-refractivity contribution in [2.24, 2.45) is 5.41 Å². The molecule has 0 radical (unpaired) electrons. The van der Waals surface area contributed by atoms with Gasteiger partial charge in [-0.1, -0.05) is 13.8 Å². The van der Waals surface area contributed by atoms with Gasteiger partial charge in [-0.25, -0.2) is 0 Å². The molecule has 2 heterocycles. The van der Waals surface area contributed by atoms with Crippen LogP contribution in [0.25, 0.3) is 0 Å². The van der Waals surface area contributed by atoms with Gasteiger partial charge >= 0.3 is 0 Å². The fourth-order valence-electron chi connectivity index (χ4n) is 3.19. The van der Waals surface area contributed by atoms with Gasteiger partial charge in [-0.05, 0) is 55.5 Å². The van der Waals surface area contributed by atoms with E-state index in [1.54, 1.807) is 0 Å². The van der Waals surface area contributed by atoms with Crippen LogP contribution in [0.5, 0.6) is 0 Å². The van der Waals surface area contributed by atoms with Gasteiger partial charge in [0.25, 0.3) is 0 Å². The number of nitrogens with zero attached hydrogens (tertiary/aromatic N) is 4. The van der Waals surface area contributed by atoms with Crippen molar-refractivity contribution in [2.45, 2.75) is 58.4 Å². The molecule has 1 saturated carbocycles. The lowest BCUT2D eigenvalue weighted by Gasteiger charge is -2.34. The van der Waals surface area contributed by atoms with E-state index in [1.807, 2.05) is 0 Å². The van der Waals surface area contributed by atoms with Gasteiger partial charge < -0.3 is 10.2 Å². The van der Waals surface area contributed by atoms with Gasteiger partial charge in [0.1, 0.15) is 0 Å². The summed E-state index contributed by atoms with van der Waals surface area (Å²) in [6, 6.07) is 0.447. The molecule has 0 bridgehead atoms. The van der Waals surface area contributed by atoms with Gasteiger partial charge in [-0.2, -0.15) is 15.0 Å². The van der Waals surface area contributed by atoms with Crippen LogP contribution in [0.4, 0.5) is 11.9 Å². The summed E-state index contributed by atoms with van der Waals surface area (Å²) in [5.74, 6) is 1.34. The van der Waals surface area contributed by atoms with E-state index in [-0.39, 0.29) is 5.28 Å². The van der Waals surface area contributed by atoms with Gasteiger partial charge in [0.15, 0.2) is 0 Å². The van der Waals surface area contributed by atoms with E-state index in [0.717, 1.165) is 25.9 Å². The molecule has 1 aliphatic heterocycles. The molecule has 1 aromatic rings. The van der Waals surface area contributed by atoms with Gasteiger partial charge in [0.05, 0.1) is 0 Å². The largest absolute Gasteiger partial charge is 0.351 e. The Kier molecular flexibility index (Phi) is 4.20. The highest BCUT2D eigenvalue weighted by molar-refractivity contribution is 6.28. The molecule has 1 aromatic heterocycles. The SMILES string of the molecule is CC1(C)CCC(Nc2nc(Cl)nc(N3CCCC3)n2)CC1. The lowest BCUT2D eigenvalue weighted by Crippen LogP contribution is -2.31. The number of rotatable bonds is 3. The average molecular weight is 310 g/mol. The summed E-state index contributed by atoms with van der Waals surface area (Å²) in [5.41, 5.74) is 0.468. The lowest BCUT2D eigenvalue weighted by atomic mass is 9.76. The van der Waals surface area contributed by atoms with Gasteiger partial charge in [0, 0.05) is 19.1 Å². The van der Waals surface area contributed by atoms with E-state index in [0.29, 0.717) is 23.4 Å². The molecule has 1 saturated heterocycles. The Hall–Kier alpha value is -1.10. The lowest BCUT2D eigenvalue weighted by molar-refractivity contribution is 0.232. The molecule has 0 spiro atoms. The number of halogens is 1. The van der Waals surface area contributed by atoms with E-state index < -0.39 is 0 Å². The zero-order chi connectivity index (χ0) is 14.9. The predicted molar refractivity (Wildman–Crippen MR) is 85.9 cm³/mol. The van der Waals surface area contributed by atoms with Crippen LogP contribution in [0.1, 0.15) is 52.4 Å². The average Bonchev–Trinajstić information content (AvgIpc) is 2.95. The Labute approximate surface area is 131 Å². The molecular weight excluding hydrogens is 286 g/mol. The maximum absolute atomic E-state index is 6.06. The summed E-state index contributed by atoms with van der Waals surface area (Å²) in [4.78, 5) is 15.2. The fourth-order valence-corrected chi connectivity index (χ4v) is 3.34. The molecular formula is C15H24ClN5. The second-order valence-electron chi connectivity index (χ2n) is 7.01. The summed E-state index contributed by atoms with van der Waals surface area (Å²) in [6.07, 6.45) is 7.20. The Morgan fingerprint density at radius 2 is 1.76 bits per heavy atom. The third kappa shape index (κ3) is 3.76. The number of hydrogen-bond acceptors (Lipinski definition) is 5. The summed E-state index contributed by atoms with van der Waals surface area (Å²) in [7, 11) is 0. The van der Waals surface area contributed by atoms with E-state index in [4.69, 9.17) is 11.6 Å². The first-order chi connectivity index (χ1) is 10.0. The topological polar surface area (TPSA) is 53.9 Å². The van der Waals surface area contributed by atoms with E-state index >= 15 is 0 Å². The molecule has 0 amide bonds. The van der Waals surface area contributed by atoms with Crippen LogP contribution in [0, 0.1) is 5.41 Å². The van der Waals surface area contributed by atoms with E-state index in [1.165, 1.54) is 25.7 Å². The van der Waals surface area contributed by atoms with Crippen molar-refractivity contribution >= 4 is 23.5 Å². The highest BCUT2D eigenvalue weighted by Gasteiger charge is 2.27. The van der Waals surface area contributed by atoms with Crippen LogP contribution in [0.3, 0.4) is 0 Å². The standard InChI is InChI=1S/C15H24ClN5/c1-15(2)7-5-11(6-8-15)17-13-18-12(16)19-14(20-13)21-9-3-4-10-21/h11H,3-10H2,1-2H3,(H,17,18,19,20). The minimum atomic E-state index is 0.283. The maximum Gasteiger partial charge on any atom is 0.231 e. The quantitative estimate of drug-likeness (QED) is 0.926. The molecule has 0 aromatic carbocycles. The van der Waals surface area contributed by atoms with Gasteiger partial charge in [-0.15, -0.1) is 0 Å². The Bertz CT molecular complexity index is 489. The van der Waals surface area contributed by atoms with Gasteiger partial charge in [0.2, 0.25) is 17.2 Å². The zero-order valence-corrected chi connectivity index (χ0v) is 13.7. The first-order valence-corrected chi connectivity index (χ1v) is 8.33. The highest BCUT2D eigenvalue weighted by atomic mass is 35.5. The molecule has 0 atom stereocenters. The normalized spacial score (nSPS) is 22.5. The maximum atomic E-state index is 6.06. The zero-order valence-electron chi connectivity index (χ0n) is 12.9. The van der Waals surface area contributed by atoms with Crippen LogP contribution in [0.2, 0.25) is 5.28 Å². The molecule has 1 N–H and O–H groups in total.